The lowest BCUT2D eigenvalue weighted by Gasteiger charge is -2.33. The lowest BCUT2D eigenvalue weighted by atomic mass is 9.87. The average Bonchev–Trinajstić information content (AvgIpc) is 2.33. The molecule has 2 rings (SSSR count). The van der Waals surface area contributed by atoms with Gasteiger partial charge in [-0.15, -0.1) is 0 Å². The van der Waals surface area contributed by atoms with E-state index in [2.05, 4.69) is 33.9 Å². The number of hydrogen-bond donors (Lipinski definition) is 0. The molecule has 0 fully saturated rings. The van der Waals surface area contributed by atoms with E-state index in [0.29, 0.717) is 6.42 Å². The molecule has 1 aliphatic heterocycles. The van der Waals surface area contributed by atoms with Gasteiger partial charge in [-0.05, 0) is 30.0 Å². The first-order valence-corrected chi connectivity index (χ1v) is 6.49. The van der Waals surface area contributed by atoms with E-state index in [4.69, 9.17) is 4.74 Å². The summed E-state index contributed by atoms with van der Waals surface area (Å²) in [5.74, 6) is 0.116. The van der Waals surface area contributed by atoms with Gasteiger partial charge in [-0.3, -0.25) is 4.79 Å². The van der Waals surface area contributed by atoms with Crippen LogP contribution in [0.3, 0.4) is 0 Å². The minimum absolute atomic E-state index is 0.138. The molecule has 0 saturated carbocycles. The molecule has 0 aromatic heterocycles. The maximum absolute atomic E-state index is 11.4. The van der Waals surface area contributed by atoms with Crippen molar-refractivity contribution in [3.8, 4) is 0 Å². The van der Waals surface area contributed by atoms with Gasteiger partial charge in [0.05, 0.1) is 13.5 Å². The Morgan fingerprint density at radius 3 is 3.06 bits per heavy atom. The number of carbonyl (C=O) groups is 1. The first-order valence-electron chi connectivity index (χ1n) is 5.70. The zero-order valence-electron chi connectivity index (χ0n) is 10.1. The van der Waals surface area contributed by atoms with Crippen LogP contribution in [0.5, 0.6) is 0 Å². The third kappa shape index (κ3) is 2.46. The quantitative estimate of drug-likeness (QED) is 0.786. The van der Waals surface area contributed by atoms with Gasteiger partial charge in [0.25, 0.3) is 0 Å². The molecule has 92 valence electrons. The van der Waals surface area contributed by atoms with E-state index in [0.717, 1.165) is 17.4 Å². The van der Waals surface area contributed by atoms with E-state index in [1.54, 1.807) is 0 Å². The van der Waals surface area contributed by atoms with Crippen LogP contribution in [0.15, 0.2) is 22.7 Å². The number of anilines is 1. The minimum atomic E-state index is -0.138. The largest absolute Gasteiger partial charge is 0.469 e. The first-order chi connectivity index (χ1) is 8.13. The molecule has 4 heteroatoms. The zero-order valence-corrected chi connectivity index (χ0v) is 11.7. The van der Waals surface area contributed by atoms with Gasteiger partial charge in [0, 0.05) is 23.8 Å². The van der Waals surface area contributed by atoms with Gasteiger partial charge in [0.2, 0.25) is 0 Å². The highest BCUT2D eigenvalue weighted by Gasteiger charge is 2.27. The molecule has 3 nitrogen and oxygen atoms in total. The third-order valence-corrected chi connectivity index (χ3v) is 3.99. The summed E-state index contributed by atoms with van der Waals surface area (Å²) in [5, 5.41) is 0. The number of nitrogens with zero attached hydrogens (tertiary/aromatic N) is 1. The Bertz CT molecular complexity index is 433. The number of ether oxygens (including phenoxy) is 1. The van der Waals surface area contributed by atoms with Crippen molar-refractivity contribution in [1.29, 1.82) is 0 Å². The Balaban J connectivity index is 2.34. The topological polar surface area (TPSA) is 29.5 Å². The maximum Gasteiger partial charge on any atom is 0.306 e. The van der Waals surface area contributed by atoms with Gasteiger partial charge >= 0.3 is 5.97 Å². The van der Waals surface area contributed by atoms with Crippen LogP contribution < -0.4 is 4.90 Å². The van der Waals surface area contributed by atoms with E-state index in [1.807, 2.05) is 12.1 Å². The maximum atomic E-state index is 11.4. The van der Waals surface area contributed by atoms with Crippen molar-refractivity contribution in [3.05, 3.63) is 28.2 Å². The van der Waals surface area contributed by atoms with E-state index in [9.17, 15) is 4.79 Å². The van der Waals surface area contributed by atoms with Crippen molar-refractivity contribution >= 4 is 27.6 Å². The zero-order chi connectivity index (χ0) is 12.4. The average molecular weight is 298 g/mol. The van der Waals surface area contributed by atoms with Crippen LogP contribution in [0.1, 0.15) is 24.3 Å². The molecule has 17 heavy (non-hydrogen) atoms. The number of rotatable bonds is 2. The summed E-state index contributed by atoms with van der Waals surface area (Å²) < 4.78 is 5.85. The normalized spacial score (nSPS) is 18.8. The fourth-order valence-corrected chi connectivity index (χ4v) is 3.05. The monoisotopic (exact) mass is 297 g/mol. The van der Waals surface area contributed by atoms with E-state index < -0.39 is 0 Å². The molecule has 0 spiro atoms. The van der Waals surface area contributed by atoms with Crippen LogP contribution in [0, 0.1) is 0 Å². The second kappa shape index (κ2) is 5.08. The summed E-state index contributed by atoms with van der Waals surface area (Å²) in [5.41, 5.74) is 2.44. The molecule has 0 bridgehead atoms. The predicted molar refractivity (Wildman–Crippen MR) is 71.4 cm³/mol. The van der Waals surface area contributed by atoms with Crippen molar-refractivity contribution in [2.75, 3.05) is 25.6 Å². The summed E-state index contributed by atoms with van der Waals surface area (Å²) in [7, 11) is 3.53. The highest BCUT2D eigenvalue weighted by atomic mass is 79.9. The highest BCUT2D eigenvalue weighted by Crippen LogP contribution is 2.40. The second-order valence-electron chi connectivity index (χ2n) is 4.36. The number of methoxy groups -OCH3 is 1. The van der Waals surface area contributed by atoms with Gasteiger partial charge < -0.3 is 9.64 Å². The Kier molecular flexibility index (Phi) is 3.72. The Labute approximate surface area is 110 Å². The molecular formula is C13H16BrNO2. The van der Waals surface area contributed by atoms with Crippen LogP contribution >= 0.6 is 15.9 Å². The van der Waals surface area contributed by atoms with Crippen LogP contribution in [0.2, 0.25) is 0 Å². The Morgan fingerprint density at radius 1 is 1.59 bits per heavy atom. The minimum Gasteiger partial charge on any atom is -0.469 e. The molecule has 1 aliphatic rings. The van der Waals surface area contributed by atoms with Crippen molar-refractivity contribution in [1.82, 2.24) is 0 Å². The summed E-state index contributed by atoms with van der Waals surface area (Å²) in [4.78, 5) is 13.7. The summed E-state index contributed by atoms with van der Waals surface area (Å²) in [6, 6.07) is 6.16. The van der Waals surface area contributed by atoms with E-state index in [1.165, 1.54) is 18.4 Å². The Hall–Kier alpha value is -1.03. The molecule has 1 atom stereocenters. The van der Waals surface area contributed by atoms with Crippen LogP contribution in [-0.2, 0) is 9.53 Å². The molecule has 1 unspecified atom stereocenters. The highest BCUT2D eigenvalue weighted by molar-refractivity contribution is 9.10. The molecule has 0 radical (unpaired) electrons. The molecule has 0 amide bonds. The van der Waals surface area contributed by atoms with Gasteiger partial charge in [0.1, 0.15) is 0 Å². The van der Waals surface area contributed by atoms with Crippen molar-refractivity contribution in [2.24, 2.45) is 0 Å². The molecule has 1 heterocycles. The van der Waals surface area contributed by atoms with Crippen molar-refractivity contribution < 1.29 is 9.53 Å². The molecule has 1 aromatic rings. The van der Waals surface area contributed by atoms with Crippen molar-refractivity contribution in [3.63, 3.8) is 0 Å². The van der Waals surface area contributed by atoms with Crippen LogP contribution in [0.4, 0.5) is 5.69 Å². The molecule has 0 N–H and O–H groups in total. The summed E-state index contributed by atoms with van der Waals surface area (Å²) in [6.45, 7) is 0.977. The standard InChI is InChI=1S/C13H16BrNO2/c1-15-7-6-9(8-12(16)17-2)13-10(14)4-3-5-11(13)15/h3-5,9H,6-8H2,1-2H3. The number of benzene rings is 1. The molecule has 0 saturated heterocycles. The summed E-state index contributed by atoms with van der Waals surface area (Å²) in [6.07, 6.45) is 1.45. The number of hydrogen-bond acceptors (Lipinski definition) is 3. The fraction of sp³-hybridized carbons (Fsp3) is 0.462. The fourth-order valence-electron chi connectivity index (χ4n) is 2.37. The number of carbonyl (C=O) groups excluding carboxylic acids is 1. The van der Waals surface area contributed by atoms with Gasteiger partial charge in [-0.1, -0.05) is 22.0 Å². The van der Waals surface area contributed by atoms with Gasteiger partial charge in [-0.25, -0.2) is 0 Å². The van der Waals surface area contributed by atoms with E-state index >= 15 is 0 Å². The lowest BCUT2D eigenvalue weighted by Crippen LogP contribution is -2.28. The van der Waals surface area contributed by atoms with Gasteiger partial charge in [-0.2, -0.15) is 0 Å². The first kappa shape index (κ1) is 12.4. The number of fused-ring (bicyclic) bond motifs is 1. The van der Waals surface area contributed by atoms with Crippen molar-refractivity contribution in [2.45, 2.75) is 18.8 Å². The molecular weight excluding hydrogens is 282 g/mol. The summed E-state index contributed by atoms with van der Waals surface area (Å²) >= 11 is 3.58. The van der Waals surface area contributed by atoms with Crippen LogP contribution in [-0.4, -0.2) is 26.7 Å². The smallest absolute Gasteiger partial charge is 0.306 e. The predicted octanol–water partition coefficient (Wildman–Crippen LogP) is 2.94. The SMILES string of the molecule is COC(=O)CC1CCN(C)c2cccc(Br)c21. The second-order valence-corrected chi connectivity index (χ2v) is 5.21. The number of esters is 1. The number of halogens is 1. The van der Waals surface area contributed by atoms with E-state index in [-0.39, 0.29) is 11.9 Å². The molecule has 1 aromatic carbocycles. The molecule has 0 aliphatic carbocycles. The Morgan fingerprint density at radius 2 is 2.35 bits per heavy atom. The van der Waals surface area contributed by atoms with Crippen LogP contribution in [0.25, 0.3) is 0 Å². The lowest BCUT2D eigenvalue weighted by molar-refractivity contribution is -0.141. The third-order valence-electron chi connectivity index (χ3n) is 3.30. The van der Waals surface area contributed by atoms with Gasteiger partial charge in [0.15, 0.2) is 0 Å².